The summed E-state index contributed by atoms with van der Waals surface area (Å²) in [5, 5.41) is 0. The average molecular weight is 199 g/mol. The minimum Gasteiger partial charge on any atom is -0.494 e. The lowest BCUT2D eigenvalue weighted by Gasteiger charge is -2.12. The first-order valence-corrected chi connectivity index (χ1v) is 4.40. The van der Waals surface area contributed by atoms with Gasteiger partial charge >= 0.3 is 0 Å². The predicted octanol–water partition coefficient (Wildman–Crippen LogP) is 1.92. The van der Waals surface area contributed by atoms with Crippen molar-refractivity contribution in [3.05, 3.63) is 29.3 Å². The van der Waals surface area contributed by atoms with Gasteiger partial charge in [0.15, 0.2) is 11.6 Å². The fourth-order valence-corrected chi connectivity index (χ4v) is 1.48. The summed E-state index contributed by atoms with van der Waals surface area (Å²) in [6.07, 6.45) is 1.41. The fourth-order valence-electron chi connectivity index (χ4n) is 1.48. The van der Waals surface area contributed by atoms with Crippen LogP contribution >= 0.6 is 0 Å². The van der Waals surface area contributed by atoms with Crippen molar-refractivity contribution in [2.75, 3.05) is 7.11 Å². The number of ether oxygens (including phenoxy) is 1. The van der Waals surface area contributed by atoms with Crippen LogP contribution in [0, 0.1) is 11.6 Å². The molecule has 0 spiro atoms. The molecule has 2 rings (SSSR count). The van der Waals surface area contributed by atoms with E-state index in [1.807, 2.05) is 0 Å². The van der Waals surface area contributed by atoms with E-state index in [1.54, 1.807) is 0 Å². The molecule has 1 aliphatic rings. The Morgan fingerprint density at radius 1 is 1.29 bits per heavy atom. The monoisotopic (exact) mass is 199 g/mol. The summed E-state index contributed by atoms with van der Waals surface area (Å²) in [5.74, 6) is -1.93. The molecule has 4 heteroatoms. The molecule has 76 valence electrons. The highest BCUT2D eigenvalue weighted by atomic mass is 19.2. The number of hydrogen-bond acceptors (Lipinski definition) is 2. The molecule has 2 nitrogen and oxygen atoms in total. The Hall–Kier alpha value is -1.16. The molecule has 0 saturated heterocycles. The second-order valence-electron chi connectivity index (χ2n) is 3.60. The summed E-state index contributed by atoms with van der Waals surface area (Å²) in [5.41, 5.74) is 5.37. The van der Waals surface area contributed by atoms with Gasteiger partial charge in [-0.25, -0.2) is 4.39 Å². The van der Waals surface area contributed by atoms with Crippen LogP contribution in [0.3, 0.4) is 0 Å². The highest BCUT2D eigenvalue weighted by molar-refractivity contribution is 5.37. The van der Waals surface area contributed by atoms with Gasteiger partial charge in [-0.3, -0.25) is 0 Å². The molecular formula is C10H11F2NO. The number of halogens is 2. The number of methoxy groups -OCH3 is 1. The van der Waals surface area contributed by atoms with E-state index in [4.69, 9.17) is 5.73 Å². The highest BCUT2D eigenvalue weighted by Crippen LogP contribution is 2.44. The summed E-state index contributed by atoms with van der Waals surface area (Å²) in [6, 6.07) is 2.89. The molecule has 1 aliphatic carbocycles. The van der Waals surface area contributed by atoms with Crippen LogP contribution in [0.2, 0.25) is 0 Å². The second kappa shape index (κ2) is 2.92. The first-order chi connectivity index (χ1) is 6.58. The van der Waals surface area contributed by atoms with Gasteiger partial charge in [-0.15, -0.1) is 0 Å². The number of hydrogen-bond donors (Lipinski definition) is 1. The van der Waals surface area contributed by atoms with Crippen molar-refractivity contribution in [3.63, 3.8) is 0 Å². The molecule has 14 heavy (non-hydrogen) atoms. The minimum absolute atomic E-state index is 0.0875. The van der Waals surface area contributed by atoms with Gasteiger partial charge in [0.1, 0.15) is 0 Å². The van der Waals surface area contributed by atoms with Crippen LogP contribution in [0.15, 0.2) is 12.1 Å². The third kappa shape index (κ3) is 1.26. The Kier molecular flexibility index (Phi) is 1.96. The molecule has 1 aromatic rings. The molecule has 0 radical (unpaired) electrons. The van der Waals surface area contributed by atoms with Crippen LogP contribution in [0.4, 0.5) is 8.78 Å². The zero-order valence-electron chi connectivity index (χ0n) is 7.81. The van der Waals surface area contributed by atoms with Crippen LogP contribution in [-0.2, 0) is 5.54 Å². The second-order valence-corrected chi connectivity index (χ2v) is 3.60. The first kappa shape index (κ1) is 9.40. The van der Waals surface area contributed by atoms with Crippen molar-refractivity contribution < 1.29 is 13.5 Å². The third-order valence-corrected chi connectivity index (χ3v) is 2.59. The first-order valence-electron chi connectivity index (χ1n) is 4.40. The Morgan fingerprint density at radius 3 is 2.43 bits per heavy atom. The minimum atomic E-state index is -0.957. The number of nitrogens with two attached hydrogens (primary N) is 1. The summed E-state index contributed by atoms with van der Waals surface area (Å²) in [7, 11) is 1.30. The zero-order chi connectivity index (χ0) is 10.3. The molecule has 0 atom stereocenters. The zero-order valence-corrected chi connectivity index (χ0v) is 7.81. The van der Waals surface area contributed by atoms with Crippen molar-refractivity contribution in [2.45, 2.75) is 18.4 Å². The van der Waals surface area contributed by atoms with Crippen molar-refractivity contribution in [3.8, 4) is 5.75 Å². The van der Waals surface area contributed by atoms with Crippen LogP contribution in [0.1, 0.15) is 18.4 Å². The lowest BCUT2D eigenvalue weighted by Crippen LogP contribution is -2.21. The molecule has 0 aliphatic heterocycles. The van der Waals surface area contributed by atoms with Crippen molar-refractivity contribution in [2.24, 2.45) is 5.73 Å². The summed E-state index contributed by atoms with van der Waals surface area (Å²) in [4.78, 5) is 0. The molecule has 1 aromatic carbocycles. The standard InChI is InChI=1S/C10H11F2NO/c1-14-7-3-2-6(8(11)9(7)12)10(13)4-5-10/h2-3H,4-5,13H2,1H3. The van der Waals surface area contributed by atoms with Crippen LogP contribution < -0.4 is 10.5 Å². The average Bonchev–Trinajstić information content (AvgIpc) is 2.89. The lowest BCUT2D eigenvalue weighted by molar-refractivity contribution is 0.368. The summed E-state index contributed by atoms with van der Waals surface area (Å²) in [6.45, 7) is 0. The van der Waals surface area contributed by atoms with E-state index in [2.05, 4.69) is 4.74 Å². The molecule has 1 fully saturated rings. The van der Waals surface area contributed by atoms with Gasteiger partial charge in [0.05, 0.1) is 7.11 Å². The molecular weight excluding hydrogens is 188 g/mol. The van der Waals surface area contributed by atoms with E-state index in [-0.39, 0.29) is 11.3 Å². The predicted molar refractivity (Wildman–Crippen MR) is 48.0 cm³/mol. The molecule has 1 saturated carbocycles. The number of rotatable bonds is 2. The van der Waals surface area contributed by atoms with Crippen LogP contribution in [0.25, 0.3) is 0 Å². The van der Waals surface area contributed by atoms with Crippen LogP contribution in [0.5, 0.6) is 5.75 Å². The smallest absolute Gasteiger partial charge is 0.200 e. The summed E-state index contributed by atoms with van der Waals surface area (Å²) >= 11 is 0. The van der Waals surface area contributed by atoms with E-state index >= 15 is 0 Å². The molecule has 0 bridgehead atoms. The van der Waals surface area contributed by atoms with Gasteiger partial charge in [0, 0.05) is 11.1 Å². The SMILES string of the molecule is COc1ccc(C2(N)CC2)c(F)c1F. The maximum absolute atomic E-state index is 13.5. The molecule has 0 aromatic heterocycles. The van der Waals surface area contributed by atoms with Gasteiger partial charge in [0.25, 0.3) is 0 Å². The van der Waals surface area contributed by atoms with Gasteiger partial charge in [-0.05, 0) is 18.9 Å². The van der Waals surface area contributed by atoms with Gasteiger partial charge in [0.2, 0.25) is 5.82 Å². The fraction of sp³-hybridized carbons (Fsp3) is 0.400. The van der Waals surface area contributed by atoms with E-state index in [1.165, 1.54) is 19.2 Å². The van der Waals surface area contributed by atoms with Crippen molar-refractivity contribution in [1.82, 2.24) is 0 Å². The van der Waals surface area contributed by atoms with Gasteiger partial charge in [-0.1, -0.05) is 6.07 Å². The summed E-state index contributed by atoms with van der Waals surface area (Å²) < 4.78 is 31.4. The lowest BCUT2D eigenvalue weighted by atomic mass is 10.0. The quantitative estimate of drug-likeness (QED) is 0.789. The normalized spacial score (nSPS) is 18.0. The molecule has 2 N–H and O–H groups in total. The Morgan fingerprint density at radius 2 is 1.93 bits per heavy atom. The van der Waals surface area contributed by atoms with Crippen molar-refractivity contribution in [1.29, 1.82) is 0 Å². The largest absolute Gasteiger partial charge is 0.494 e. The Balaban J connectivity index is 2.49. The maximum Gasteiger partial charge on any atom is 0.200 e. The molecule has 0 unspecified atom stereocenters. The van der Waals surface area contributed by atoms with Gasteiger partial charge in [-0.2, -0.15) is 4.39 Å². The van der Waals surface area contributed by atoms with E-state index in [9.17, 15) is 8.78 Å². The van der Waals surface area contributed by atoms with Crippen molar-refractivity contribution >= 4 is 0 Å². The number of benzene rings is 1. The van der Waals surface area contributed by atoms with E-state index < -0.39 is 17.2 Å². The van der Waals surface area contributed by atoms with Gasteiger partial charge < -0.3 is 10.5 Å². The maximum atomic E-state index is 13.5. The Bertz CT molecular complexity index is 375. The topological polar surface area (TPSA) is 35.2 Å². The molecule has 0 heterocycles. The highest BCUT2D eigenvalue weighted by Gasteiger charge is 2.43. The van der Waals surface area contributed by atoms with E-state index in [0.717, 1.165) is 0 Å². The van der Waals surface area contributed by atoms with Crippen LogP contribution in [-0.4, -0.2) is 7.11 Å². The Labute approximate surface area is 80.7 Å². The molecule has 0 amide bonds. The van der Waals surface area contributed by atoms with E-state index in [0.29, 0.717) is 12.8 Å². The third-order valence-electron chi connectivity index (χ3n) is 2.59.